The first-order chi connectivity index (χ1) is 16.8. The molecule has 35 heavy (non-hydrogen) atoms. The second-order valence-electron chi connectivity index (χ2n) is 11.8. The minimum atomic E-state index is -2.42. The van der Waals surface area contributed by atoms with Crippen molar-refractivity contribution >= 4 is 8.03 Å². The smallest absolute Gasteiger partial charge is 0.376 e. The molecule has 0 fully saturated rings. The van der Waals surface area contributed by atoms with Crippen molar-refractivity contribution in [2.45, 2.75) is 167 Å². The Morgan fingerprint density at radius 3 is 1.29 bits per heavy atom. The third-order valence-electron chi connectivity index (χ3n) is 7.83. The zero-order chi connectivity index (χ0) is 26.3. The Kier molecular flexibility index (Phi) is 22.8. The van der Waals surface area contributed by atoms with Gasteiger partial charge in [0, 0.05) is 12.8 Å². The molecule has 3 nitrogen and oxygen atoms in total. The summed E-state index contributed by atoms with van der Waals surface area (Å²) in [5, 5.41) is -0.590. The molecule has 0 bridgehead atoms. The quantitative estimate of drug-likeness (QED) is 0.0500. The average molecular weight is 513 g/mol. The Labute approximate surface area is 222 Å². The maximum Gasteiger partial charge on any atom is 0.376 e. The normalized spacial score (nSPS) is 14.5. The molecule has 0 radical (unpaired) electrons. The van der Waals surface area contributed by atoms with Crippen LogP contribution in [0.3, 0.4) is 0 Å². The van der Waals surface area contributed by atoms with Gasteiger partial charge in [0.05, 0.1) is 21.1 Å². The monoisotopic (exact) mass is 512 g/mol. The van der Waals surface area contributed by atoms with Crippen LogP contribution in [0.15, 0.2) is 12.2 Å². The van der Waals surface area contributed by atoms with E-state index in [2.05, 4.69) is 26.0 Å². The molecule has 0 aliphatic rings. The molecule has 0 N–H and O–H groups in total. The molecule has 0 saturated heterocycles. The molecule has 0 aliphatic carbocycles. The summed E-state index contributed by atoms with van der Waals surface area (Å²) >= 11 is 0. The second-order valence-corrected chi connectivity index (χ2v) is 13.2. The van der Waals surface area contributed by atoms with E-state index in [1.165, 1.54) is 122 Å². The number of hydrogen-bond acceptors (Lipinski definition) is 2. The fourth-order valence-electron chi connectivity index (χ4n) is 5.34. The van der Waals surface area contributed by atoms with Crippen LogP contribution in [0.1, 0.15) is 162 Å². The van der Waals surface area contributed by atoms with Crippen LogP contribution in [0.25, 0.3) is 0 Å². The highest BCUT2D eigenvalue weighted by Gasteiger charge is 2.53. The third kappa shape index (κ3) is 17.8. The average Bonchev–Trinajstić information content (AvgIpc) is 2.80. The lowest BCUT2D eigenvalue weighted by molar-refractivity contribution is -0.910. The Balaban J connectivity index is 3.54. The summed E-state index contributed by atoms with van der Waals surface area (Å²) in [6, 6.07) is 0. The predicted molar refractivity (Wildman–Crippen MR) is 155 cm³/mol. The maximum absolute atomic E-state index is 12.1. The molecule has 0 heterocycles. The maximum atomic E-state index is 12.1. The van der Waals surface area contributed by atoms with Gasteiger partial charge in [-0.3, -0.25) is 4.48 Å². The Morgan fingerprint density at radius 1 is 0.571 bits per heavy atom. The van der Waals surface area contributed by atoms with E-state index < -0.39 is 13.3 Å². The number of allylic oxidation sites excluding steroid dienone is 2. The minimum absolute atomic E-state index is 0.522. The summed E-state index contributed by atoms with van der Waals surface area (Å²) in [4.78, 5) is 12.1. The van der Waals surface area contributed by atoms with Crippen LogP contribution >= 0.6 is 8.03 Å². The summed E-state index contributed by atoms with van der Waals surface area (Å²) < 4.78 is 12.6. The van der Waals surface area contributed by atoms with Gasteiger partial charge in [-0.1, -0.05) is 127 Å². The highest BCUT2D eigenvalue weighted by molar-refractivity contribution is 7.38. The molecule has 208 valence electrons. The van der Waals surface area contributed by atoms with E-state index in [4.69, 9.17) is 0 Å². The first-order valence-electron chi connectivity index (χ1n) is 15.4. The van der Waals surface area contributed by atoms with Gasteiger partial charge in [-0.25, -0.2) is 0 Å². The molecule has 0 aromatic rings. The van der Waals surface area contributed by atoms with Crippen molar-refractivity contribution in [3.63, 3.8) is 0 Å². The van der Waals surface area contributed by atoms with Crippen molar-refractivity contribution in [1.29, 1.82) is 0 Å². The predicted octanol–water partition coefficient (Wildman–Crippen LogP) is 10.1. The molecule has 0 rings (SSSR count). The van der Waals surface area contributed by atoms with E-state index in [1.54, 1.807) is 0 Å². The van der Waals surface area contributed by atoms with E-state index in [1.807, 2.05) is 21.1 Å². The standard InChI is InChI=1S/C31H63NO2P/c1-6-8-9-10-11-12-13-14-15-16-17-18-19-20-21-22-23-24-25-26-27-28-30-31(29-7-2,35(33)34)32(3,4)5/h16-17H,6-15,18-30H2,1-5H3/q+1/b17-16-. The highest BCUT2D eigenvalue weighted by atomic mass is 31.1. The van der Waals surface area contributed by atoms with E-state index in [9.17, 15) is 9.46 Å². The molecule has 2 unspecified atom stereocenters. The van der Waals surface area contributed by atoms with Crippen molar-refractivity contribution in [1.82, 2.24) is 0 Å². The van der Waals surface area contributed by atoms with E-state index in [0.717, 1.165) is 25.7 Å². The number of hydrogen-bond donors (Lipinski definition) is 0. The fraction of sp³-hybridized carbons (Fsp3) is 0.935. The van der Waals surface area contributed by atoms with Crippen LogP contribution in [-0.4, -0.2) is 30.9 Å². The molecule has 0 saturated carbocycles. The molecule has 2 atom stereocenters. The summed E-state index contributed by atoms with van der Waals surface area (Å²) in [5.41, 5.74) is 0. The van der Waals surface area contributed by atoms with E-state index in [-0.39, 0.29) is 0 Å². The molecule has 0 aromatic carbocycles. The minimum Gasteiger partial charge on any atom is -0.590 e. The molecular weight excluding hydrogens is 449 g/mol. The van der Waals surface area contributed by atoms with E-state index in [0.29, 0.717) is 4.48 Å². The van der Waals surface area contributed by atoms with Crippen molar-refractivity contribution in [3.8, 4) is 0 Å². The Hall–Kier alpha value is -0.240. The van der Waals surface area contributed by atoms with Crippen LogP contribution in [-0.2, 0) is 4.57 Å². The number of quaternary nitrogens is 1. The van der Waals surface area contributed by atoms with Gasteiger partial charge in [0.15, 0.2) is 0 Å². The fourth-order valence-corrected chi connectivity index (χ4v) is 6.58. The lowest BCUT2D eigenvalue weighted by atomic mass is 9.99. The van der Waals surface area contributed by atoms with Gasteiger partial charge >= 0.3 is 8.03 Å². The third-order valence-corrected chi connectivity index (χ3v) is 9.55. The largest absolute Gasteiger partial charge is 0.590 e. The van der Waals surface area contributed by atoms with Crippen LogP contribution in [0.2, 0.25) is 0 Å². The van der Waals surface area contributed by atoms with Gasteiger partial charge in [-0.2, -0.15) is 0 Å². The number of unbranched alkanes of at least 4 members (excludes halogenated alkanes) is 18. The van der Waals surface area contributed by atoms with Crippen molar-refractivity contribution < 1.29 is 13.9 Å². The Morgan fingerprint density at radius 2 is 0.943 bits per heavy atom. The molecule has 0 aliphatic heterocycles. The van der Waals surface area contributed by atoms with Gasteiger partial charge in [0.25, 0.3) is 5.28 Å². The summed E-state index contributed by atoms with van der Waals surface area (Å²) in [7, 11) is 3.69. The summed E-state index contributed by atoms with van der Waals surface area (Å²) in [6.45, 7) is 4.38. The highest BCUT2D eigenvalue weighted by Crippen LogP contribution is 2.45. The SMILES string of the molecule is CCCCCCCCCC/C=C\CCCCCCCCCCCCC(CCC)([P+](=O)[O-])[N+](C)(C)C. The Bertz CT molecular complexity index is 515. The number of nitrogens with zero attached hydrogens (tertiary/aromatic N) is 1. The van der Waals surface area contributed by atoms with Gasteiger partial charge in [-0.05, 0) is 38.5 Å². The van der Waals surface area contributed by atoms with Crippen LogP contribution in [0, 0.1) is 0 Å². The number of rotatable bonds is 26. The summed E-state index contributed by atoms with van der Waals surface area (Å²) in [5.74, 6) is 0. The zero-order valence-electron chi connectivity index (χ0n) is 24.6. The van der Waals surface area contributed by atoms with Gasteiger partial charge in [0.1, 0.15) is 0 Å². The molecular formula is C31H63NO2P+. The summed E-state index contributed by atoms with van der Waals surface area (Å²) in [6.07, 6.45) is 34.1. The first-order valence-corrected chi connectivity index (χ1v) is 16.6. The van der Waals surface area contributed by atoms with Gasteiger partial charge in [0.2, 0.25) is 0 Å². The van der Waals surface area contributed by atoms with Gasteiger partial charge < -0.3 is 4.89 Å². The molecule has 0 amide bonds. The van der Waals surface area contributed by atoms with E-state index >= 15 is 0 Å². The second kappa shape index (κ2) is 22.9. The van der Waals surface area contributed by atoms with Crippen LogP contribution < -0.4 is 4.89 Å². The topological polar surface area (TPSA) is 40.1 Å². The van der Waals surface area contributed by atoms with Crippen molar-refractivity contribution in [3.05, 3.63) is 12.2 Å². The van der Waals surface area contributed by atoms with Crippen LogP contribution in [0.5, 0.6) is 0 Å². The zero-order valence-corrected chi connectivity index (χ0v) is 25.5. The first kappa shape index (κ1) is 34.8. The van der Waals surface area contributed by atoms with Crippen molar-refractivity contribution in [2.24, 2.45) is 0 Å². The van der Waals surface area contributed by atoms with Crippen molar-refractivity contribution in [2.75, 3.05) is 21.1 Å². The molecule has 0 spiro atoms. The molecule has 4 heteroatoms. The van der Waals surface area contributed by atoms with Gasteiger partial charge in [-0.15, -0.1) is 0 Å². The lowest BCUT2D eigenvalue weighted by Gasteiger charge is -2.39. The lowest BCUT2D eigenvalue weighted by Crippen LogP contribution is -2.55. The molecule has 0 aromatic heterocycles. The van der Waals surface area contributed by atoms with Crippen LogP contribution in [0.4, 0.5) is 0 Å².